The summed E-state index contributed by atoms with van der Waals surface area (Å²) in [6.07, 6.45) is 4.80. The number of likely N-dealkylation sites (tertiary alicyclic amines) is 1. The molecule has 110 valence electrons. The number of thioether (sulfide) groups is 1. The Labute approximate surface area is 125 Å². The van der Waals surface area contributed by atoms with Crippen molar-refractivity contribution in [1.82, 2.24) is 4.90 Å². The lowest BCUT2D eigenvalue weighted by Crippen LogP contribution is -2.37. The zero-order valence-electron chi connectivity index (χ0n) is 12.3. The number of hydrogen-bond acceptors (Lipinski definition) is 3. The number of ether oxygens (including phenoxy) is 1. The predicted molar refractivity (Wildman–Crippen MR) is 83.4 cm³/mol. The third kappa shape index (κ3) is 4.17. The van der Waals surface area contributed by atoms with Crippen LogP contribution in [0.5, 0.6) is 5.75 Å². The Balaban J connectivity index is 1.92. The smallest absolute Gasteiger partial charge is 0.235 e. The minimum Gasteiger partial charge on any atom is -0.497 e. The summed E-state index contributed by atoms with van der Waals surface area (Å²) >= 11 is 1.62. The van der Waals surface area contributed by atoms with Crippen molar-refractivity contribution in [2.45, 2.75) is 42.8 Å². The lowest BCUT2D eigenvalue weighted by atomic mass is 10.2. The fraction of sp³-hybridized carbons (Fsp3) is 0.562. The molecule has 0 aliphatic carbocycles. The first-order valence-corrected chi connectivity index (χ1v) is 8.18. The van der Waals surface area contributed by atoms with Crippen molar-refractivity contribution >= 4 is 17.7 Å². The van der Waals surface area contributed by atoms with Gasteiger partial charge in [0.2, 0.25) is 5.91 Å². The molecule has 20 heavy (non-hydrogen) atoms. The number of hydrogen-bond donors (Lipinski definition) is 0. The van der Waals surface area contributed by atoms with E-state index in [1.54, 1.807) is 18.9 Å². The van der Waals surface area contributed by atoms with Crippen LogP contribution in [0.15, 0.2) is 29.2 Å². The van der Waals surface area contributed by atoms with E-state index in [4.69, 9.17) is 4.74 Å². The second-order valence-electron chi connectivity index (χ2n) is 5.18. The number of benzene rings is 1. The van der Waals surface area contributed by atoms with E-state index in [1.165, 1.54) is 12.8 Å². The van der Waals surface area contributed by atoms with Crippen LogP contribution in [-0.2, 0) is 4.79 Å². The summed E-state index contributed by atoms with van der Waals surface area (Å²) in [7, 11) is 1.66. The van der Waals surface area contributed by atoms with Gasteiger partial charge in [0.05, 0.1) is 12.4 Å². The molecule has 1 heterocycles. The molecule has 0 N–H and O–H groups in total. The maximum Gasteiger partial charge on any atom is 0.235 e. The van der Waals surface area contributed by atoms with Crippen LogP contribution in [0, 0.1) is 0 Å². The maximum atomic E-state index is 12.5. The molecule has 0 bridgehead atoms. The second-order valence-corrected chi connectivity index (χ2v) is 6.59. The van der Waals surface area contributed by atoms with Gasteiger partial charge >= 0.3 is 0 Å². The Morgan fingerprint density at radius 1 is 1.15 bits per heavy atom. The van der Waals surface area contributed by atoms with E-state index in [0.717, 1.165) is 36.6 Å². The van der Waals surface area contributed by atoms with Crippen LogP contribution in [0.1, 0.15) is 32.6 Å². The highest BCUT2D eigenvalue weighted by atomic mass is 32.2. The number of carbonyl (C=O) groups is 1. The van der Waals surface area contributed by atoms with Gasteiger partial charge in [-0.05, 0) is 44.0 Å². The van der Waals surface area contributed by atoms with Crippen LogP contribution >= 0.6 is 11.8 Å². The van der Waals surface area contributed by atoms with Gasteiger partial charge in [0.25, 0.3) is 0 Å². The monoisotopic (exact) mass is 293 g/mol. The molecule has 3 nitrogen and oxygen atoms in total. The van der Waals surface area contributed by atoms with E-state index in [9.17, 15) is 4.79 Å². The number of carbonyl (C=O) groups excluding carboxylic acids is 1. The SMILES string of the molecule is COc1ccc(S[C@@H](C)C(=O)N2CCCCCC2)cc1. The molecule has 4 heteroatoms. The summed E-state index contributed by atoms with van der Waals surface area (Å²) < 4.78 is 5.15. The number of amides is 1. The Kier molecular flexibility index (Phi) is 5.77. The molecule has 0 radical (unpaired) electrons. The van der Waals surface area contributed by atoms with Crippen molar-refractivity contribution < 1.29 is 9.53 Å². The average molecular weight is 293 g/mol. The first-order valence-electron chi connectivity index (χ1n) is 7.30. The lowest BCUT2D eigenvalue weighted by molar-refractivity contribution is -0.130. The van der Waals surface area contributed by atoms with E-state index in [1.807, 2.05) is 36.1 Å². The number of nitrogens with zero attached hydrogens (tertiary/aromatic N) is 1. The van der Waals surface area contributed by atoms with Crippen molar-refractivity contribution in [2.24, 2.45) is 0 Å². The summed E-state index contributed by atoms with van der Waals surface area (Å²) in [4.78, 5) is 15.6. The van der Waals surface area contributed by atoms with Crippen LogP contribution in [0.4, 0.5) is 0 Å². The van der Waals surface area contributed by atoms with Crippen molar-refractivity contribution in [2.75, 3.05) is 20.2 Å². The molecule has 1 saturated heterocycles. The van der Waals surface area contributed by atoms with Gasteiger partial charge in [-0.1, -0.05) is 12.8 Å². The van der Waals surface area contributed by atoms with Gasteiger partial charge in [0.15, 0.2) is 0 Å². The Morgan fingerprint density at radius 2 is 1.75 bits per heavy atom. The van der Waals surface area contributed by atoms with Crippen LogP contribution in [0.3, 0.4) is 0 Å². The lowest BCUT2D eigenvalue weighted by Gasteiger charge is -2.23. The normalized spacial score (nSPS) is 17.4. The molecule has 0 saturated carbocycles. The molecule has 0 unspecified atom stereocenters. The zero-order valence-corrected chi connectivity index (χ0v) is 13.1. The highest BCUT2D eigenvalue weighted by molar-refractivity contribution is 8.00. The molecule has 0 aromatic heterocycles. The molecule has 2 rings (SSSR count). The number of rotatable bonds is 4. The fourth-order valence-electron chi connectivity index (χ4n) is 2.46. The molecule has 1 aromatic rings. The maximum absolute atomic E-state index is 12.5. The van der Waals surface area contributed by atoms with E-state index < -0.39 is 0 Å². The van der Waals surface area contributed by atoms with Crippen LogP contribution in [0.25, 0.3) is 0 Å². The van der Waals surface area contributed by atoms with E-state index in [2.05, 4.69) is 0 Å². The van der Waals surface area contributed by atoms with Crippen LogP contribution in [0.2, 0.25) is 0 Å². The average Bonchev–Trinajstić information content (AvgIpc) is 2.76. The minimum atomic E-state index is -0.0264. The van der Waals surface area contributed by atoms with E-state index >= 15 is 0 Å². The zero-order chi connectivity index (χ0) is 14.4. The molecule has 1 amide bonds. The quantitative estimate of drug-likeness (QED) is 0.795. The summed E-state index contributed by atoms with van der Waals surface area (Å²) in [6, 6.07) is 7.89. The molecule has 1 fully saturated rings. The van der Waals surface area contributed by atoms with Crippen molar-refractivity contribution in [3.63, 3.8) is 0 Å². The van der Waals surface area contributed by atoms with Gasteiger partial charge < -0.3 is 9.64 Å². The minimum absolute atomic E-state index is 0.0264. The topological polar surface area (TPSA) is 29.5 Å². The Hall–Kier alpha value is -1.16. The highest BCUT2D eigenvalue weighted by Crippen LogP contribution is 2.27. The van der Waals surface area contributed by atoms with Gasteiger partial charge in [0.1, 0.15) is 5.75 Å². The van der Waals surface area contributed by atoms with Crippen molar-refractivity contribution in [1.29, 1.82) is 0 Å². The molecule has 1 aliphatic rings. The predicted octanol–water partition coefficient (Wildman–Crippen LogP) is 3.58. The van der Waals surface area contributed by atoms with E-state index in [0.29, 0.717) is 0 Å². The van der Waals surface area contributed by atoms with Crippen molar-refractivity contribution in [3.8, 4) is 5.75 Å². The van der Waals surface area contributed by atoms with Crippen molar-refractivity contribution in [3.05, 3.63) is 24.3 Å². The molecule has 1 aromatic carbocycles. The first-order chi connectivity index (χ1) is 9.70. The molecular formula is C16H23NO2S. The second kappa shape index (κ2) is 7.58. The largest absolute Gasteiger partial charge is 0.497 e. The van der Waals surface area contributed by atoms with Gasteiger partial charge in [-0.15, -0.1) is 11.8 Å². The van der Waals surface area contributed by atoms with Gasteiger partial charge in [-0.2, -0.15) is 0 Å². The third-order valence-electron chi connectivity index (χ3n) is 3.64. The van der Waals surface area contributed by atoms with Gasteiger partial charge in [-0.3, -0.25) is 4.79 Å². The Bertz CT molecular complexity index is 425. The summed E-state index contributed by atoms with van der Waals surface area (Å²) in [6.45, 7) is 3.85. The molecular weight excluding hydrogens is 270 g/mol. The molecule has 0 spiro atoms. The van der Waals surface area contributed by atoms with E-state index in [-0.39, 0.29) is 11.2 Å². The number of methoxy groups -OCH3 is 1. The third-order valence-corrected chi connectivity index (χ3v) is 4.74. The summed E-state index contributed by atoms with van der Waals surface area (Å²) in [5.74, 6) is 1.12. The molecule has 1 aliphatic heterocycles. The van der Waals surface area contributed by atoms with Crippen LogP contribution in [-0.4, -0.2) is 36.3 Å². The summed E-state index contributed by atoms with van der Waals surface area (Å²) in [5.41, 5.74) is 0. The molecule has 1 atom stereocenters. The first kappa shape index (κ1) is 15.2. The summed E-state index contributed by atoms with van der Waals surface area (Å²) in [5, 5.41) is -0.0264. The Morgan fingerprint density at radius 3 is 2.30 bits per heavy atom. The standard InChI is InChI=1S/C16H23NO2S/c1-13(16(18)17-11-5-3-4-6-12-17)20-15-9-7-14(19-2)8-10-15/h7-10,13H,3-6,11-12H2,1-2H3/t13-/m0/s1. The fourth-order valence-corrected chi connectivity index (χ4v) is 3.41. The van der Waals surface area contributed by atoms with Crippen LogP contribution < -0.4 is 4.74 Å². The highest BCUT2D eigenvalue weighted by Gasteiger charge is 2.22. The van der Waals surface area contributed by atoms with Gasteiger partial charge in [0, 0.05) is 18.0 Å². The van der Waals surface area contributed by atoms with Gasteiger partial charge in [-0.25, -0.2) is 0 Å².